The van der Waals surface area contributed by atoms with E-state index in [2.05, 4.69) is 39.2 Å². The van der Waals surface area contributed by atoms with Crippen molar-refractivity contribution in [3.8, 4) is 0 Å². The Morgan fingerprint density at radius 1 is 1.00 bits per heavy atom. The molecule has 0 rings (SSSR count). The van der Waals surface area contributed by atoms with E-state index >= 15 is 0 Å². The summed E-state index contributed by atoms with van der Waals surface area (Å²) in [6, 6.07) is 0. The quantitative estimate of drug-likeness (QED) is 0.328. The smallest absolute Gasteiger partial charge is 0.0755 e. The lowest BCUT2D eigenvalue weighted by molar-refractivity contribution is 0.0542. The summed E-state index contributed by atoms with van der Waals surface area (Å²) in [7, 11) is 0. The lowest BCUT2D eigenvalue weighted by Gasteiger charge is -2.02. The third kappa shape index (κ3) is 11.7. The number of ether oxygens (including phenoxy) is 2. The average molecular weight is 220 g/mol. The molecule has 0 aromatic heterocycles. The number of hydrogen-bond donors (Lipinski definition) is 0. The fourth-order valence-corrected chi connectivity index (χ4v) is 0.745. The Bertz CT molecular complexity index is 172. The molecule has 0 N–H and O–H groups in total. The summed E-state index contributed by atoms with van der Waals surface area (Å²) in [4.78, 5) is 3.69. The predicted molar refractivity (Wildman–Crippen MR) is 56.2 cm³/mol. The van der Waals surface area contributed by atoms with E-state index in [1.54, 1.807) is 0 Å². The van der Waals surface area contributed by atoms with Gasteiger partial charge in [-0.05, 0) is 12.2 Å². The molecule has 74 valence electrons. The molecule has 0 aromatic rings. The fraction of sp³-hybridized carbons (Fsp3) is 0.857. The first-order chi connectivity index (χ1) is 6.41. The molecule has 0 aromatic carbocycles. The van der Waals surface area contributed by atoms with Crippen LogP contribution in [-0.4, -0.2) is 44.7 Å². The zero-order chi connectivity index (χ0) is 9.78. The van der Waals surface area contributed by atoms with Crippen molar-refractivity contribution in [3.63, 3.8) is 0 Å². The molecule has 0 heterocycles. The van der Waals surface area contributed by atoms with E-state index in [1.165, 1.54) is 0 Å². The van der Waals surface area contributed by atoms with E-state index in [-0.39, 0.29) is 0 Å². The van der Waals surface area contributed by atoms with Crippen LogP contribution in [0.1, 0.15) is 0 Å². The van der Waals surface area contributed by atoms with Crippen molar-refractivity contribution < 1.29 is 9.47 Å². The van der Waals surface area contributed by atoms with E-state index in [0.29, 0.717) is 39.5 Å². The number of thiocarbonyl (C=S) groups is 1. The highest BCUT2D eigenvalue weighted by atomic mass is 32.1. The largest absolute Gasteiger partial charge is 0.377 e. The zero-order valence-electron chi connectivity index (χ0n) is 7.27. The first kappa shape index (κ1) is 12.7. The van der Waals surface area contributed by atoms with Gasteiger partial charge in [-0.2, -0.15) is 0 Å². The lowest BCUT2D eigenvalue weighted by atomic mass is 10.7. The van der Waals surface area contributed by atoms with E-state index in [9.17, 15) is 0 Å². The van der Waals surface area contributed by atoms with Crippen LogP contribution in [0.4, 0.5) is 0 Å². The normalized spacial score (nSPS) is 9.23. The van der Waals surface area contributed by atoms with Crippen molar-refractivity contribution in [3.05, 3.63) is 0 Å². The molecule has 0 spiro atoms. The summed E-state index contributed by atoms with van der Waals surface area (Å²) in [5, 5.41) is 2.26. The van der Waals surface area contributed by atoms with Gasteiger partial charge >= 0.3 is 0 Å². The molecule has 13 heavy (non-hydrogen) atoms. The van der Waals surface area contributed by atoms with Gasteiger partial charge in [0.2, 0.25) is 0 Å². The number of rotatable bonds is 9. The van der Waals surface area contributed by atoms with Gasteiger partial charge in [-0.25, -0.2) is 9.36 Å². The second kappa shape index (κ2) is 11.7. The molecule has 0 atom stereocenters. The second-order valence-corrected chi connectivity index (χ2v) is 2.49. The van der Waals surface area contributed by atoms with Crippen molar-refractivity contribution in [1.82, 2.24) is 0 Å². The van der Waals surface area contributed by atoms with E-state index in [1.807, 2.05) is 0 Å². The minimum Gasteiger partial charge on any atom is -0.377 e. The zero-order valence-corrected chi connectivity index (χ0v) is 8.90. The van der Waals surface area contributed by atoms with Gasteiger partial charge in [0, 0.05) is 12.4 Å². The van der Waals surface area contributed by atoms with Crippen LogP contribution < -0.4 is 0 Å². The van der Waals surface area contributed by atoms with Crippen LogP contribution in [0.3, 0.4) is 0 Å². The molecule has 0 aliphatic heterocycles. The molecule has 0 fully saturated rings. The van der Waals surface area contributed by atoms with Gasteiger partial charge in [0.15, 0.2) is 0 Å². The van der Waals surface area contributed by atoms with Crippen LogP contribution in [0.5, 0.6) is 0 Å². The van der Waals surface area contributed by atoms with Crippen molar-refractivity contribution >= 4 is 29.8 Å². The van der Waals surface area contributed by atoms with Crippen LogP contribution >= 0.6 is 12.2 Å². The molecular formula is C7H12N2O2S2. The summed E-state index contributed by atoms with van der Waals surface area (Å²) < 4.78 is 13.8. The van der Waals surface area contributed by atoms with Crippen LogP contribution in [0, 0.1) is 0 Å². The fourth-order valence-electron chi connectivity index (χ4n) is 0.580. The van der Waals surface area contributed by atoms with Gasteiger partial charge in [0.1, 0.15) is 0 Å². The standard InChI is InChI=1S/C7H12N2O2S2/c12-7-8-1-3-10-5-6-11-4-2-9-13/h1-6H2. The average Bonchev–Trinajstić information content (AvgIpc) is 2.16. The summed E-state index contributed by atoms with van der Waals surface area (Å²) in [6.07, 6.45) is 0. The second-order valence-electron chi connectivity index (χ2n) is 2.05. The Kier molecular flexibility index (Phi) is 11.5. The Hall–Kier alpha value is -0.260. The number of isothiocyanates is 1. The molecule has 0 saturated carbocycles. The third-order valence-corrected chi connectivity index (χ3v) is 1.42. The maximum Gasteiger partial charge on any atom is 0.0755 e. The van der Waals surface area contributed by atoms with Gasteiger partial charge in [-0.3, -0.25) is 0 Å². The van der Waals surface area contributed by atoms with Crippen molar-refractivity contribution in [2.45, 2.75) is 0 Å². The molecule has 0 bridgehead atoms. The minimum atomic E-state index is 0.554. The van der Waals surface area contributed by atoms with Gasteiger partial charge in [0.25, 0.3) is 0 Å². The molecule has 0 radical (unpaired) electrons. The molecule has 0 unspecified atom stereocenters. The van der Waals surface area contributed by atoms with Crippen molar-refractivity contribution in [1.29, 1.82) is 0 Å². The first-order valence-corrected chi connectivity index (χ1v) is 4.67. The van der Waals surface area contributed by atoms with Crippen LogP contribution in [0.2, 0.25) is 0 Å². The van der Waals surface area contributed by atoms with E-state index < -0.39 is 0 Å². The van der Waals surface area contributed by atoms with Crippen molar-refractivity contribution in [2.75, 3.05) is 39.5 Å². The van der Waals surface area contributed by atoms with Gasteiger partial charge < -0.3 is 9.47 Å². The first-order valence-electron chi connectivity index (χ1n) is 3.90. The topological polar surface area (TPSA) is 43.2 Å². The third-order valence-electron chi connectivity index (χ3n) is 1.11. The molecule has 0 saturated heterocycles. The lowest BCUT2D eigenvalue weighted by Crippen LogP contribution is -2.08. The van der Waals surface area contributed by atoms with Crippen LogP contribution in [0.25, 0.3) is 0 Å². The van der Waals surface area contributed by atoms with Gasteiger partial charge in [-0.1, -0.05) is 0 Å². The number of nitrogens with zero attached hydrogens (tertiary/aromatic N) is 2. The molecule has 0 aliphatic rings. The number of aliphatic imine (C=N–C) groups is 1. The van der Waals surface area contributed by atoms with E-state index in [0.717, 1.165) is 0 Å². The molecule has 4 nitrogen and oxygen atoms in total. The Balaban J connectivity index is 2.90. The summed E-state index contributed by atoms with van der Waals surface area (Å²) in [5.74, 6) is 0. The SMILES string of the molecule is S=C=NCCOCCOCCN=S. The van der Waals surface area contributed by atoms with Gasteiger partial charge in [0.05, 0.1) is 44.7 Å². The van der Waals surface area contributed by atoms with Crippen molar-refractivity contribution in [2.24, 2.45) is 9.36 Å². The highest BCUT2D eigenvalue weighted by Crippen LogP contribution is 1.80. The monoisotopic (exact) mass is 220 g/mol. The van der Waals surface area contributed by atoms with Crippen LogP contribution in [-0.2, 0) is 21.9 Å². The predicted octanol–water partition coefficient (Wildman–Crippen LogP) is 0.853. The Morgan fingerprint density at radius 3 is 2.15 bits per heavy atom. The highest BCUT2D eigenvalue weighted by Gasteiger charge is 1.88. The Labute approximate surface area is 88.5 Å². The molecule has 0 aliphatic carbocycles. The minimum absolute atomic E-state index is 0.554. The maximum absolute atomic E-state index is 5.15. The van der Waals surface area contributed by atoms with Gasteiger partial charge in [-0.15, -0.1) is 0 Å². The highest BCUT2D eigenvalue weighted by molar-refractivity contribution is 7.78. The van der Waals surface area contributed by atoms with Crippen LogP contribution in [0.15, 0.2) is 9.36 Å². The summed E-state index contributed by atoms with van der Waals surface area (Å²) in [5.41, 5.74) is 0. The Morgan fingerprint density at radius 2 is 1.62 bits per heavy atom. The summed E-state index contributed by atoms with van der Waals surface area (Å²) in [6.45, 7) is 3.36. The van der Waals surface area contributed by atoms with E-state index in [4.69, 9.17) is 9.47 Å². The number of hydrogen-bond acceptors (Lipinski definition) is 6. The molecular weight excluding hydrogens is 208 g/mol. The summed E-state index contributed by atoms with van der Waals surface area (Å²) >= 11 is 8.77. The molecule has 6 heteroatoms. The molecule has 0 amide bonds. The maximum atomic E-state index is 5.15.